The van der Waals surface area contributed by atoms with Crippen molar-refractivity contribution in [1.29, 1.82) is 0 Å². The van der Waals surface area contributed by atoms with Gasteiger partial charge in [0.05, 0.1) is 12.6 Å². The van der Waals surface area contributed by atoms with Crippen LogP contribution < -0.4 is 22.9 Å². The van der Waals surface area contributed by atoms with Gasteiger partial charge in [0.15, 0.2) is 12.6 Å². The maximum atomic E-state index is 10.9. The molecule has 2 heterocycles. The third-order valence-electron chi connectivity index (χ3n) is 6.47. The average Bonchev–Trinajstić information content (AvgIpc) is 2.79. The molecule has 0 bridgehead atoms. The molecule has 0 aromatic carbocycles. The zero-order chi connectivity index (χ0) is 24.6. The number of hydrogen-bond donors (Lipinski definition) is 11. The predicted octanol–water partition coefficient (Wildman–Crippen LogP) is -7.29. The number of rotatable bonds is 6. The molecule has 194 valence electrons. The third kappa shape index (κ3) is 5.32. The number of hydrogen-bond acceptors (Lipinski definition) is 15. The summed E-state index contributed by atoms with van der Waals surface area (Å²) in [5.74, 6) is 0. The summed E-state index contributed by atoms with van der Waals surface area (Å²) in [4.78, 5) is 0. The van der Waals surface area contributed by atoms with Crippen LogP contribution in [-0.2, 0) is 18.9 Å². The minimum Gasteiger partial charge on any atom is -0.394 e. The number of nitrogens with two attached hydrogens (primary N) is 4. The highest BCUT2D eigenvalue weighted by Crippen LogP contribution is 2.31. The van der Waals surface area contributed by atoms with Gasteiger partial charge in [-0.3, -0.25) is 0 Å². The van der Waals surface area contributed by atoms with Gasteiger partial charge in [0, 0.05) is 18.6 Å². The van der Waals surface area contributed by atoms with Crippen LogP contribution in [0.1, 0.15) is 6.42 Å². The SMILES string of the molecule is NC[C@H]1O[C@H](O[C@H]2[C@H](O)[C@@H](O[C@@H]3O[C@@H](CO)[C@H](O)[C@@H](O)[C@@H]3O)[C@H](N)C[C@@H]2N)[C@H](N)[C@@H](O)[C@@H]1O. The van der Waals surface area contributed by atoms with E-state index in [9.17, 15) is 35.7 Å². The minimum absolute atomic E-state index is 0.0945. The number of aliphatic hydroxyl groups is 7. The molecule has 1 aliphatic carbocycles. The average molecular weight is 485 g/mol. The molecule has 15 N–H and O–H groups in total. The summed E-state index contributed by atoms with van der Waals surface area (Å²) >= 11 is 0. The Morgan fingerprint density at radius 3 is 1.73 bits per heavy atom. The number of ether oxygens (including phenoxy) is 4. The molecule has 3 rings (SSSR count). The van der Waals surface area contributed by atoms with Crippen molar-refractivity contribution in [1.82, 2.24) is 0 Å². The van der Waals surface area contributed by atoms with Crippen LogP contribution in [0.3, 0.4) is 0 Å². The van der Waals surface area contributed by atoms with Gasteiger partial charge >= 0.3 is 0 Å². The first-order valence-electron chi connectivity index (χ1n) is 10.8. The zero-order valence-electron chi connectivity index (χ0n) is 17.9. The standard InChI is InChI=1S/C18H36N4O11/c19-2-6-9(24)11(26)8(22)17(30-6)32-15-4(20)1-5(21)16(14(15)29)33-18-13(28)12(27)10(25)7(3-23)31-18/h4-18,23-29H,1-3,19-22H2/t4-,5+,6+,7-,8+,9+,10-,11+,12+,13-,14-,15+,16-,17+,18-/m0/s1. The Kier molecular flexibility index (Phi) is 8.99. The summed E-state index contributed by atoms with van der Waals surface area (Å²) in [5.41, 5.74) is 23.7. The van der Waals surface area contributed by atoms with Gasteiger partial charge in [-0.05, 0) is 6.42 Å². The van der Waals surface area contributed by atoms with Crippen molar-refractivity contribution in [3.63, 3.8) is 0 Å². The Morgan fingerprint density at radius 1 is 0.667 bits per heavy atom. The molecule has 15 atom stereocenters. The van der Waals surface area contributed by atoms with E-state index in [-0.39, 0.29) is 13.0 Å². The maximum Gasteiger partial charge on any atom is 0.187 e. The van der Waals surface area contributed by atoms with Gasteiger partial charge < -0.3 is 77.6 Å². The molecular formula is C18H36N4O11. The summed E-state index contributed by atoms with van der Waals surface area (Å²) in [6, 6.07) is -2.82. The van der Waals surface area contributed by atoms with Gasteiger partial charge in [-0.25, -0.2) is 0 Å². The molecule has 3 fully saturated rings. The van der Waals surface area contributed by atoms with Gasteiger partial charge in [-0.1, -0.05) is 0 Å². The van der Waals surface area contributed by atoms with E-state index in [2.05, 4.69) is 0 Å². The van der Waals surface area contributed by atoms with Crippen LogP contribution in [0.15, 0.2) is 0 Å². The van der Waals surface area contributed by atoms with Gasteiger partial charge in [0.2, 0.25) is 0 Å². The molecule has 15 nitrogen and oxygen atoms in total. The smallest absolute Gasteiger partial charge is 0.187 e. The lowest BCUT2D eigenvalue weighted by molar-refractivity contribution is -0.331. The molecule has 15 heteroatoms. The number of aliphatic hydroxyl groups excluding tert-OH is 7. The van der Waals surface area contributed by atoms with Crippen LogP contribution in [0.5, 0.6) is 0 Å². The molecule has 3 aliphatic rings. The molecule has 0 aromatic rings. The maximum absolute atomic E-state index is 10.9. The second-order valence-electron chi connectivity index (χ2n) is 8.79. The fourth-order valence-electron chi connectivity index (χ4n) is 4.40. The molecule has 2 aliphatic heterocycles. The normalized spacial score (nSPS) is 53.7. The van der Waals surface area contributed by atoms with Crippen LogP contribution in [0.25, 0.3) is 0 Å². The van der Waals surface area contributed by atoms with E-state index >= 15 is 0 Å². The quantitative estimate of drug-likeness (QED) is 0.167. The van der Waals surface area contributed by atoms with Crippen molar-refractivity contribution in [3.05, 3.63) is 0 Å². The van der Waals surface area contributed by atoms with Crippen LogP contribution in [0, 0.1) is 0 Å². The predicted molar refractivity (Wildman–Crippen MR) is 108 cm³/mol. The van der Waals surface area contributed by atoms with Gasteiger partial charge in [-0.2, -0.15) is 0 Å². The molecule has 0 spiro atoms. The summed E-state index contributed by atoms with van der Waals surface area (Å²) in [7, 11) is 0. The van der Waals surface area contributed by atoms with E-state index < -0.39 is 98.4 Å². The first kappa shape index (κ1) is 27.0. The first-order valence-corrected chi connectivity index (χ1v) is 10.8. The van der Waals surface area contributed by atoms with E-state index in [4.69, 9.17) is 41.9 Å². The molecule has 0 unspecified atom stereocenters. The van der Waals surface area contributed by atoms with E-state index in [0.717, 1.165) is 0 Å². The van der Waals surface area contributed by atoms with E-state index in [1.807, 2.05) is 0 Å². The van der Waals surface area contributed by atoms with E-state index in [0.29, 0.717) is 0 Å². The van der Waals surface area contributed by atoms with Crippen molar-refractivity contribution >= 4 is 0 Å². The van der Waals surface area contributed by atoms with Crippen LogP contribution in [0.4, 0.5) is 0 Å². The Morgan fingerprint density at radius 2 is 1.18 bits per heavy atom. The first-order chi connectivity index (χ1) is 15.5. The lowest BCUT2D eigenvalue weighted by Crippen LogP contribution is -2.68. The van der Waals surface area contributed by atoms with Crippen molar-refractivity contribution in [2.24, 2.45) is 22.9 Å². The second kappa shape index (κ2) is 11.0. The minimum atomic E-state index is -1.70. The zero-order valence-corrected chi connectivity index (χ0v) is 17.9. The van der Waals surface area contributed by atoms with Crippen molar-refractivity contribution in [3.8, 4) is 0 Å². The Bertz CT molecular complexity index is 584. The fraction of sp³-hybridized carbons (Fsp3) is 1.00. The van der Waals surface area contributed by atoms with Crippen LogP contribution in [0.2, 0.25) is 0 Å². The molecule has 0 aromatic heterocycles. The molecule has 1 saturated carbocycles. The molecular weight excluding hydrogens is 448 g/mol. The highest BCUT2D eigenvalue weighted by atomic mass is 16.7. The lowest BCUT2D eigenvalue weighted by atomic mass is 9.84. The Balaban J connectivity index is 1.72. The van der Waals surface area contributed by atoms with Crippen molar-refractivity contribution < 1.29 is 54.7 Å². The second-order valence-corrected chi connectivity index (χ2v) is 8.79. The molecule has 0 radical (unpaired) electrons. The van der Waals surface area contributed by atoms with Crippen molar-refractivity contribution in [2.75, 3.05) is 13.2 Å². The summed E-state index contributed by atoms with van der Waals surface area (Å²) in [5, 5.41) is 70.6. The Labute approximate surface area is 189 Å². The molecule has 2 saturated heterocycles. The third-order valence-corrected chi connectivity index (χ3v) is 6.47. The highest BCUT2D eigenvalue weighted by Gasteiger charge is 2.51. The van der Waals surface area contributed by atoms with Crippen molar-refractivity contribution in [2.45, 2.75) is 98.2 Å². The molecule has 0 amide bonds. The van der Waals surface area contributed by atoms with Crippen LogP contribution >= 0.6 is 0 Å². The monoisotopic (exact) mass is 484 g/mol. The fourth-order valence-corrected chi connectivity index (χ4v) is 4.40. The van der Waals surface area contributed by atoms with E-state index in [1.54, 1.807) is 0 Å². The summed E-state index contributed by atoms with van der Waals surface area (Å²) in [6.45, 7) is -0.786. The van der Waals surface area contributed by atoms with Gasteiger partial charge in [0.1, 0.15) is 61.0 Å². The molecule has 33 heavy (non-hydrogen) atoms. The van der Waals surface area contributed by atoms with Crippen LogP contribution in [-0.4, -0.2) is 141 Å². The summed E-state index contributed by atoms with van der Waals surface area (Å²) < 4.78 is 22.3. The summed E-state index contributed by atoms with van der Waals surface area (Å²) in [6.07, 6.45) is -16.4. The lowest BCUT2D eigenvalue weighted by Gasteiger charge is -2.48. The van der Waals surface area contributed by atoms with Gasteiger partial charge in [0.25, 0.3) is 0 Å². The highest BCUT2D eigenvalue weighted by molar-refractivity contribution is 5.01. The largest absolute Gasteiger partial charge is 0.394 e. The van der Waals surface area contributed by atoms with E-state index in [1.165, 1.54) is 0 Å². The topological polar surface area (TPSA) is 283 Å². The Hall–Kier alpha value is -0.600. The van der Waals surface area contributed by atoms with Gasteiger partial charge in [-0.15, -0.1) is 0 Å².